The van der Waals surface area contributed by atoms with Gasteiger partial charge >= 0.3 is 5.97 Å². The maximum Gasteiger partial charge on any atom is 0.326 e. The third-order valence-electron chi connectivity index (χ3n) is 4.18. The highest BCUT2D eigenvalue weighted by molar-refractivity contribution is 5.95. The smallest absolute Gasteiger partial charge is 0.326 e. The summed E-state index contributed by atoms with van der Waals surface area (Å²) in [6, 6.07) is -6.26. The molecule has 0 fully saturated rings. The molecule has 0 aliphatic rings. The van der Waals surface area contributed by atoms with Crippen LogP contribution in [0.15, 0.2) is 0 Å². The Labute approximate surface area is 183 Å². The number of aliphatic hydroxyl groups is 2. The molecular weight excluding hydrogens is 432 g/mol. The molecule has 0 spiro atoms. The number of carbonyl (C=O) groups is 6. The molecule has 0 bridgehead atoms. The fourth-order valence-electron chi connectivity index (χ4n) is 2.41. The van der Waals surface area contributed by atoms with Gasteiger partial charge in [0, 0.05) is 6.42 Å². The quantitative estimate of drug-likeness (QED) is 0.118. The highest BCUT2D eigenvalue weighted by Crippen LogP contribution is 2.02. The topological polar surface area (TPSA) is 277 Å². The lowest BCUT2D eigenvalue weighted by atomic mass is 10.1. The van der Waals surface area contributed by atoms with Gasteiger partial charge in [0.15, 0.2) is 0 Å². The van der Waals surface area contributed by atoms with E-state index in [9.17, 15) is 39.0 Å². The van der Waals surface area contributed by atoms with Crippen LogP contribution in [0.3, 0.4) is 0 Å². The van der Waals surface area contributed by atoms with E-state index in [2.05, 4.69) is 10.6 Å². The van der Waals surface area contributed by atoms with Gasteiger partial charge in [-0.2, -0.15) is 0 Å². The van der Waals surface area contributed by atoms with E-state index < -0.39 is 78.3 Å². The van der Waals surface area contributed by atoms with Gasteiger partial charge in [-0.05, 0) is 20.3 Å². The van der Waals surface area contributed by atoms with Gasteiger partial charge in [-0.3, -0.25) is 24.0 Å². The Bertz CT molecular complexity index is 727. The predicted molar refractivity (Wildman–Crippen MR) is 107 cm³/mol. The van der Waals surface area contributed by atoms with E-state index in [0.29, 0.717) is 0 Å². The van der Waals surface area contributed by atoms with Crippen molar-refractivity contribution in [2.75, 3.05) is 0 Å². The van der Waals surface area contributed by atoms with Crippen LogP contribution in [-0.4, -0.2) is 87.2 Å². The molecule has 12 N–H and O–H groups in total. The van der Waals surface area contributed by atoms with E-state index in [1.54, 1.807) is 0 Å². The number of carboxylic acids is 1. The summed E-state index contributed by atoms with van der Waals surface area (Å²) in [7, 11) is 0. The first kappa shape index (κ1) is 28.7. The molecular formula is C17H30N6O9. The number of carboxylic acid groups (broad SMARTS) is 1. The van der Waals surface area contributed by atoms with Crippen molar-refractivity contribution in [3.63, 3.8) is 0 Å². The first-order valence-corrected chi connectivity index (χ1v) is 9.49. The predicted octanol–water partition coefficient (Wildman–Crippen LogP) is -5.24. The van der Waals surface area contributed by atoms with Crippen LogP contribution in [0.2, 0.25) is 0 Å². The van der Waals surface area contributed by atoms with E-state index in [1.165, 1.54) is 0 Å². The fraction of sp³-hybridized carbons (Fsp3) is 0.647. The van der Waals surface area contributed by atoms with Gasteiger partial charge in [-0.15, -0.1) is 0 Å². The van der Waals surface area contributed by atoms with Crippen molar-refractivity contribution in [1.82, 2.24) is 16.0 Å². The number of amides is 5. The summed E-state index contributed by atoms with van der Waals surface area (Å²) in [6.07, 6.45) is -4.06. The number of carbonyl (C=O) groups excluding carboxylic acids is 5. The minimum absolute atomic E-state index is 0.121. The third-order valence-corrected chi connectivity index (χ3v) is 4.18. The standard InChI is InChI=1S/C17H30N6O9/c1-6(24)12(15(29)21-9(17(31)32)5-11(20)27)23-16(30)13(7(2)25)22-14(28)8(18)3-4-10(19)26/h6-9,12-13,24-25H,3-5,18H2,1-2H3,(H2,19,26)(H2,20,27)(H,21,29)(H,22,28)(H,23,30)(H,31,32). The van der Waals surface area contributed by atoms with Gasteiger partial charge in [0.25, 0.3) is 0 Å². The Morgan fingerprint density at radius 1 is 0.781 bits per heavy atom. The third kappa shape index (κ3) is 10.1. The van der Waals surface area contributed by atoms with Crippen molar-refractivity contribution < 1.29 is 44.1 Å². The molecule has 0 heterocycles. The Hall–Kier alpha value is -3.30. The van der Waals surface area contributed by atoms with Crippen molar-refractivity contribution in [3.8, 4) is 0 Å². The average molecular weight is 462 g/mol. The van der Waals surface area contributed by atoms with Gasteiger partial charge in [-0.1, -0.05) is 0 Å². The summed E-state index contributed by atoms with van der Waals surface area (Å²) >= 11 is 0. The zero-order valence-electron chi connectivity index (χ0n) is 17.6. The molecule has 6 atom stereocenters. The lowest BCUT2D eigenvalue weighted by Crippen LogP contribution is -2.62. The van der Waals surface area contributed by atoms with Crippen molar-refractivity contribution in [1.29, 1.82) is 0 Å². The maximum absolute atomic E-state index is 12.5. The van der Waals surface area contributed by atoms with E-state index in [1.807, 2.05) is 5.32 Å². The molecule has 0 aromatic rings. The minimum atomic E-state index is -1.71. The second kappa shape index (κ2) is 13.2. The van der Waals surface area contributed by atoms with Gasteiger partial charge in [0.2, 0.25) is 29.5 Å². The number of hydrogen-bond donors (Lipinski definition) is 9. The normalized spacial score (nSPS) is 16.4. The van der Waals surface area contributed by atoms with Crippen LogP contribution in [0.1, 0.15) is 33.1 Å². The molecule has 0 aromatic heterocycles. The number of hydrogen-bond acceptors (Lipinski definition) is 9. The zero-order chi connectivity index (χ0) is 25.2. The monoisotopic (exact) mass is 462 g/mol. The molecule has 182 valence electrons. The Kier molecular flexibility index (Phi) is 11.8. The largest absolute Gasteiger partial charge is 0.480 e. The Morgan fingerprint density at radius 3 is 1.59 bits per heavy atom. The molecule has 0 saturated carbocycles. The number of rotatable bonds is 14. The van der Waals surface area contributed by atoms with Gasteiger partial charge < -0.3 is 48.5 Å². The molecule has 15 nitrogen and oxygen atoms in total. The summed E-state index contributed by atoms with van der Waals surface area (Å²) in [4.78, 5) is 70.0. The Balaban J connectivity index is 5.33. The molecule has 0 saturated heterocycles. The summed E-state index contributed by atoms with van der Waals surface area (Å²) in [5.41, 5.74) is 15.5. The summed E-state index contributed by atoms with van der Waals surface area (Å²) in [5, 5.41) is 35.0. The van der Waals surface area contributed by atoms with Crippen LogP contribution in [0.5, 0.6) is 0 Å². The number of nitrogens with two attached hydrogens (primary N) is 3. The maximum atomic E-state index is 12.5. The van der Waals surface area contributed by atoms with Crippen LogP contribution < -0.4 is 33.2 Å². The van der Waals surface area contributed by atoms with E-state index in [-0.39, 0.29) is 12.8 Å². The van der Waals surface area contributed by atoms with E-state index in [4.69, 9.17) is 22.3 Å². The highest BCUT2D eigenvalue weighted by atomic mass is 16.4. The molecule has 0 rings (SSSR count). The van der Waals surface area contributed by atoms with Crippen LogP contribution in [0.25, 0.3) is 0 Å². The molecule has 0 radical (unpaired) electrons. The van der Waals surface area contributed by atoms with Crippen LogP contribution in [0.4, 0.5) is 0 Å². The second-order valence-electron chi connectivity index (χ2n) is 7.14. The summed E-state index contributed by atoms with van der Waals surface area (Å²) in [6.45, 7) is 2.27. The molecule has 6 unspecified atom stereocenters. The fourth-order valence-corrected chi connectivity index (χ4v) is 2.41. The zero-order valence-corrected chi connectivity index (χ0v) is 17.6. The lowest BCUT2D eigenvalue weighted by molar-refractivity contribution is -0.144. The minimum Gasteiger partial charge on any atom is -0.480 e. The van der Waals surface area contributed by atoms with Gasteiger partial charge in [0.05, 0.1) is 24.7 Å². The summed E-state index contributed by atoms with van der Waals surface area (Å²) < 4.78 is 0. The summed E-state index contributed by atoms with van der Waals surface area (Å²) in [5.74, 6) is -6.43. The molecule has 0 aromatic carbocycles. The second-order valence-corrected chi connectivity index (χ2v) is 7.14. The number of aliphatic carboxylic acids is 1. The van der Waals surface area contributed by atoms with Crippen molar-refractivity contribution in [2.45, 2.75) is 69.5 Å². The van der Waals surface area contributed by atoms with Gasteiger partial charge in [0.1, 0.15) is 18.1 Å². The van der Waals surface area contributed by atoms with E-state index >= 15 is 0 Å². The number of nitrogens with one attached hydrogen (secondary N) is 3. The average Bonchev–Trinajstić information content (AvgIpc) is 2.66. The molecule has 32 heavy (non-hydrogen) atoms. The molecule has 0 aliphatic heterocycles. The molecule has 5 amide bonds. The number of primary amides is 2. The van der Waals surface area contributed by atoms with Crippen LogP contribution in [0, 0.1) is 0 Å². The first-order valence-electron chi connectivity index (χ1n) is 9.49. The Morgan fingerprint density at radius 2 is 1.22 bits per heavy atom. The van der Waals surface area contributed by atoms with Crippen LogP contribution in [-0.2, 0) is 28.8 Å². The lowest BCUT2D eigenvalue weighted by Gasteiger charge is -2.27. The first-order chi connectivity index (χ1) is 14.7. The molecule has 15 heteroatoms. The van der Waals surface area contributed by atoms with Crippen molar-refractivity contribution >= 4 is 35.5 Å². The molecule has 0 aliphatic carbocycles. The van der Waals surface area contributed by atoms with Gasteiger partial charge in [-0.25, -0.2) is 4.79 Å². The number of aliphatic hydroxyl groups excluding tert-OH is 2. The van der Waals surface area contributed by atoms with Crippen molar-refractivity contribution in [3.05, 3.63) is 0 Å². The van der Waals surface area contributed by atoms with Crippen LogP contribution >= 0.6 is 0 Å². The van der Waals surface area contributed by atoms with Crippen molar-refractivity contribution in [2.24, 2.45) is 17.2 Å². The highest BCUT2D eigenvalue weighted by Gasteiger charge is 2.34. The SMILES string of the molecule is CC(O)C(NC(=O)C(N)CCC(N)=O)C(=O)NC(C(=O)NC(CC(N)=O)C(=O)O)C(C)O. The van der Waals surface area contributed by atoms with E-state index in [0.717, 1.165) is 13.8 Å².